The second kappa shape index (κ2) is 37.8. The molecule has 0 unspecified atom stereocenters. The monoisotopic (exact) mass is 1340 g/mol. The van der Waals surface area contributed by atoms with E-state index in [9.17, 15) is 47.9 Å². The highest BCUT2D eigenvalue weighted by atomic mass is 16.5. The lowest BCUT2D eigenvalue weighted by atomic mass is 9.70. The van der Waals surface area contributed by atoms with E-state index < -0.39 is 72.1 Å². The quantitative estimate of drug-likeness (QED) is 0.0281. The van der Waals surface area contributed by atoms with Gasteiger partial charge >= 0.3 is 6.03 Å². The Hall–Kier alpha value is -6.82. The fourth-order valence-electron chi connectivity index (χ4n) is 15.0. The Morgan fingerprint density at radius 1 is 0.708 bits per heavy atom. The maximum atomic E-state index is 14.7. The van der Waals surface area contributed by atoms with Crippen LogP contribution in [0.1, 0.15) is 157 Å². The van der Waals surface area contributed by atoms with Crippen LogP contribution in [-0.2, 0) is 65.6 Å². The summed E-state index contributed by atoms with van der Waals surface area (Å²) < 4.78 is 13.2. The number of ketones is 2. The normalized spacial score (nSPS) is 20.8. The van der Waals surface area contributed by atoms with Crippen molar-refractivity contribution in [1.82, 2.24) is 41.3 Å². The summed E-state index contributed by atoms with van der Waals surface area (Å²) in [4.78, 5) is 143. The van der Waals surface area contributed by atoms with Crippen LogP contribution in [0.25, 0.3) is 0 Å². The van der Waals surface area contributed by atoms with Gasteiger partial charge in [0.1, 0.15) is 11.8 Å². The van der Waals surface area contributed by atoms with E-state index in [1.165, 1.54) is 7.11 Å². The zero-order chi connectivity index (χ0) is 71.2. The molecule has 9 amide bonds. The average Bonchev–Trinajstić information content (AvgIpc) is 0.845. The number of likely N-dealkylation sites (N-methyl/N-ethyl adjacent to an activating group) is 2. The number of nitrogens with one attached hydrogen (secondary N) is 6. The molecule has 4 aliphatic heterocycles. The Balaban J connectivity index is 1.21. The number of amides is 9. The molecule has 6 rings (SSSR count). The summed E-state index contributed by atoms with van der Waals surface area (Å²) in [6.45, 7) is 21.6. The first kappa shape index (κ1) is 79.9. The van der Waals surface area contributed by atoms with E-state index in [1.54, 1.807) is 62.2 Å². The molecule has 8 N–H and O–H groups in total. The largest absolute Gasteiger partial charge is 0.379 e. The number of primary amides is 1. The first-order valence-electron chi connectivity index (χ1n) is 35.2. The summed E-state index contributed by atoms with van der Waals surface area (Å²) in [6, 6.07) is 12.7. The van der Waals surface area contributed by atoms with Gasteiger partial charge in [-0.1, -0.05) is 111 Å². The molecule has 23 heteroatoms. The number of likely N-dealkylation sites (tertiary alicyclic amines) is 1. The van der Waals surface area contributed by atoms with Crippen molar-refractivity contribution in [2.75, 3.05) is 87.0 Å². The highest BCUT2D eigenvalue weighted by Crippen LogP contribution is 2.44. The number of hydrogen-bond donors (Lipinski definition) is 7. The third kappa shape index (κ3) is 22.1. The maximum Gasteiger partial charge on any atom is 0.312 e. The Labute approximate surface area is 571 Å². The van der Waals surface area contributed by atoms with E-state index >= 15 is 0 Å². The van der Waals surface area contributed by atoms with Gasteiger partial charge in [0.25, 0.3) is 0 Å². The van der Waals surface area contributed by atoms with Crippen LogP contribution in [0.3, 0.4) is 0 Å². The molecule has 2 aromatic rings. The number of benzene rings is 2. The van der Waals surface area contributed by atoms with Crippen molar-refractivity contribution < 1.29 is 61.9 Å². The second-order valence-electron chi connectivity index (χ2n) is 29.0. The van der Waals surface area contributed by atoms with Gasteiger partial charge in [0.05, 0.1) is 74.4 Å². The number of Topliss-reactive ketones (excluding diaryl/α,β-unsaturated/α-hetero) is 2. The number of fused-ring (bicyclic) bond motifs is 3. The molecule has 0 aliphatic carbocycles. The van der Waals surface area contributed by atoms with Crippen LogP contribution in [0.15, 0.2) is 54.6 Å². The number of carbonyl (C=O) groups excluding carboxylic acids is 10. The van der Waals surface area contributed by atoms with Crippen LogP contribution < -0.4 is 37.6 Å². The van der Waals surface area contributed by atoms with Crippen molar-refractivity contribution in [3.63, 3.8) is 0 Å². The third-order valence-corrected chi connectivity index (χ3v) is 21.0. The third-order valence-electron chi connectivity index (χ3n) is 21.0. The SMILES string of the molecule is CC[C@H](C)[C@@H]([C@@H](CC(=O)N1CCC[C@H]1[C@H](OC)[C@@H](C)C(=O)C[C@@H](Cc1ccccc1)C(=O)NCc1ccc(NC(=O)[C@H](CCCNC(N)=O)CC(=O)[C@@H](NC(=O)CCC[N+]23CCC(C(=O)NC)(CC2)CC3)C(C)C)cc1)OC)N(C)C(=O)[C@@H](NC(=O)[C@H](C(C)C)N(C)C)C(C)C. The van der Waals surface area contributed by atoms with Crippen LogP contribution in [-0.4, -0.2) is 202 Å². The predicted octanol–water partition coefficient (Wildman–Crippen LogP) is 6.40. The Bertz CT molecular complexity index is 2870. The molecule has 0 saturated carbocycles. The second-order valence-corrected chi connectivity index (χ2v) is 29.0. The number of quaternary nitrogens is 1. The Morgan fingerprint density at radius 3 is 1.89 bits per heavy atom. The lowest BCUT2D eigenvalue weighted by molar-refractivity contribution is -0.944. The van der Waals surface area contributed by atoms with Crippen LogP contribution in [0.5, 0.6) is 0 Å². The predicted molar refractivity (Wildman–Crippen MR) is 371 cm³/mol. The molecule has 96 heavy (non-hydrogen) atoms. The van der Waals surface area contributed by atoms with Crippen molar-refractivity contribution in [3.8, 4) is 0 Å². The molecule has 4 saturated heterocycles. The molecular formula is C73H118N11O12+. The molecule has 4 aliphatic rings. The van der Waals surface area contributed by atoms with E-state index in [4.69, 9.17) is 15.2 Å². The molecule has 2 aromatic carbocycles. The zero-order valence-electron chi connectivity index (χ0n) is 60.4. The van der Waals surface area contributed by atoms with Gasteiger partial charge in [0, 0.05) is 116 Å². The minimum absolute atomic E-state index is 0.00288. The van der Waals surface area contributed by atoms with Crippen LogP contribution in [0, 0.1) is 46.8 Å². The number of methoxy groups -OCH3 is 2. The summed E-state index contributed by atoms with van der Waals surface area (Å²) in [6.07, 6.45) is 4.57. The van der Waals surface area contributed by atoms with E-state index in [0.717, 1.165) is 61.1 Å². The number of ether oxygens (including phenoxy) is 2. The van der Waals surface area contributed by atoms with Crippen molar-refractivity contribution in [2.45, 2.75) is 201 Å². The minimum Gasteiger partial charge on any atom is -0.379 e. The highest BCUT2D eigenvalue weighted by Gasteiger charge is 2.53. The van der Waals surface area contributed by atoms with Crippen molar-refractivity contribution in [2.24, 2.45) is 52.6 Å². The number of anilines is 1. The summed E-state index contributed by atoms with van der Waals surface area (Å²) in [7, 11) is 10.2. The summed E-state index contributed by atoms with van der Waals surface area (Å²) in [5, 5.41) is 17.4. The number of nitrogens with two attached hydrogens (primary N) is 1. The number of piperidine rings is 3. The molecule has 0 aromatic heterocycles. The summed E-state index contributed by atoms with van der Waals surface area (Å²) >= 11 is 0. The van der Waals surface area contributed by atoms with Gasteiger partial charge in [-0.2, -0.15) is 0 Å². The van der Waals surface area contributed by atoms with E-state index in [1.807, 2.05) is 105 Å². The molecule has 0 spiro atoms. The number of carbonyl (C=O) groups is 10. The number of nitrogens with zero attached hydrogens (tertiary/aromatic N) is 4. The number of urea groups is 1. The number of rotatable bonds is 40. The molecule has 23 nitrogen and oxygen atoms in total. The van der Waals surface area contributed by atoms with Crippen LogP contribution >= 0.6 is 0 Å². The zero-order valence-corrected chi connectivity index (χ0v) is 60.4. The Kier molecular flexibility index (Phi) is 31.4. The fraction of sp³-hybridized carbons (Fsp3) is 0.699. The van der Waals surface area contributed by atoms with Gasteiger partial charge in [-0.15, -0.1) is 0 Å². The number of hydrogen-bond acceptors (Lipinski definition) is 13. The maximum absolute atomic E-state index is 14.7. The highest BCUT2D eigenvalue weighted by molar-refractivity contribution is 5.97. The van der Waals surface area contributed by atoms with Gasteiger partial charge in [-0.25, -0.2) is 4.79 Å². The summed E-state index contributed by atoms with van der Waals surface area (Å²) in [5.74, 6) is -4.86. The van der Waals surface area contributed by atoms with Gasteiger partial charge in [-0.3, -0.25) is 48.1 Å². The van der Waals surface area contributed by atoms with E-state index in [-0.39, 0.29) is 128 Å². The molecule has 11 atom stereocenters. The minimum atomic E-state index is -0.823. The van der Waals surface area contributed by atoms with Crippen molar-refractivity contribution >= 4 is 64.6 Å². The first-order chi connectivity index (χ1) is 45.4. The lowest BCUT2D eigenvalue weighted by Gasteiger charge is -2.53. The molecule has 536 valence electrons. The van der Waals surface area contributed by atoms with Crippen LogP contribution in [0.2, 0.25) is 0 Å². The average molecular weight is 1340 g/mol. The van der Waals surface area contributed by atoms with Gasteiger partial charge in [-0.05, 0) is 93.1 Å². The van der Waals surface area contributed by atoms with E-state index in [2.05, 4.69) is 31.9 Å². The van der Waals surface area contributed by atoms with Gasteiger partial charge < -0.3 is 61.4 Å². The van der Waals surface area contributed by atoms with Crippen molar-refractivity contribution in [1.29, 1.82) is 0 Å². The molecule has 2 bridgehead atoms. The van der Waals surface area contributed by atoms with Crippen LogP contribution in [0.4, 0.5) is 10.5 Å². The fourth-order valence-corrected chi connectivity index (χ4v) is 15.0. The van der Waals surface area contributed by atoms with Gasteiger partial charge in [0.2, 0.25) is 41.4 Å². The van der Waals surface area contributed by atoms with E-state index in [0.29, 0.717) is 44.3 Å². The van der Waals surface area contributed by atoms with Crippen molar-refractivity contribution in [3.05, 3.63) is 65.7 Å². The molecule has 4 heterocycles. The van der Waals surface area contributed by atoms with Gasteiger partial charge in [0.15, 0.2) is 5.78 Å². The first-order valence-corrected chi connectivity index (χ1v) is 35.2. The molecule has 0 radical (unpaired) electrons. The lowest BCUT2D eigenvalue weighted by Crippen LogP contribution is -2.64. The molecular weight excluding hydrogens is 1220 g/mol. The molecule has 4 fully saturated rings. The smallest absolute Gasteiger partial charge is 0.312 e. The Morgan fingerprint density at radius 2 is 1.33 bits per heavy atom. The summed E-state index contributed by atoms with van der Waals surface area (Å²) in [5.41, 5.74) is 7.08. The topological polar surface area (TPSA) is 297 Å². The standard InChI is InChI=1S/C73H117N11O12/c1-16-49(8)65(82(13)70(92)63(47(4)5)80-69(91)64(48(6)7)81(11)12)59(95-14)44-61(88)83-36-21-26-56(83)66(96-15)50(9)57(85)43-54(41-51-23-18-17-19-24-51)67(89)77-45-52-28-30-55(31-29-52)78-68(90)53(25-20-35-76-72(74)94)42-58(86)62(46(2)3)79-60(87)27-22-37-84-38-32-73(33-39-84,34-40-84)71(93)75-10/h17-19,23-24,28-31,46-50,53-54,56,59,62-66H,16,20-22,25-27,32-45H2,1-15H3,(H7-,74,75,76,77,78,79,80,87,89,90,91,93,94)/p+1/t49-,50-,53+,54+,56-,59+,62-,63-,64-,65-,66+,73?,84?/m0/s1.